The van der Waals surface area contributed by atoms with Crippen LogP contribution in [0.2, 0.25) is 5.02 Å². The number of halogens is 3. The van der Waals surface area contributed by atoms with Gasteiger partial charge >= 0.3 is 6.01 Å². The summed E-state index contributed by atoms with van der Waals surface area (Å²) in [6.45, 7) is 0.110. The molecule has 154 valence electrons. The molecule has 5 nitrogen and oxygen atoms in total. The van der Waals surface area contributed by atoms with Crippen LogP contribution < -0.4 is 10.5 Å². The van der Waals surface area contributed by atoms with Gasteiger partial charge in [0.15, 0.2) is 17.2 Å². The predicted molar refractivity (Wildman–Crippen MR) is 116 cm³/mol. The number of benzene rings is 3. The molecule has 31 heavy (non-hydrogen) atoms. The van der Waals surface area contributed by atoms with Crippen molar-refractivity contribution in [3.63, 3.8) is 0 Å². The highest BCUT2D eigenvalue weighted by atomic mass is 35.5. The van der Waals surface area contributed by atoms with Gasteiger partial charge in [-0.2, -0.15) is 4.98 Å². The summed E-state index contributed by atoms with van der Waals surface area (Å²) >= 11 is 6.19. The second kappa shape index (κ2) is 7.52. The van der Waals surface area contributed by atoms with Gasteiger partial charge in [0, 0.05) is 22.2 Å². The molecule has 2 aromatic heterocycles. The standard InChI is InChI=1S/C23H14ClF2N3O2/c24-14-4-3-5-15(11-14)29(23-27-18-6-1-2-7-19(18)31-23)12-13-10-20(30)28-22-16(13)8-9-17(25)21(22)26/h1-11H,12H2,(H,28,30). The Morgan fingerprint density at radius 3 is 2.68 bits per heavy atom. The van der Waals surface area contributed by atoms with Crippen molar-refractivity contribution in [3.05, 3.63) is 99.3 Å². The van der Waals surface area contributed by atoms with Crippen LogP contribution in [0.25, 0.3) is 22.0 Å². The molecule has 0 atom stereocenters. The predicted octanol–water partition coefficient (Wildman–Crippen LogP) is 5.94. The molecule has 3 aromatic carbocycles. The zero-order chi connectivity index (χ0) is 21.5. The van der Waals surface area contributed by atoms with Gasteiger partial charge in [-0.1, -0.05) is 29.8 Å². The summed E-state index contributed by atoms with van der Waals surface area (Å²) in [5, 5.41) is 0.879. The van der Waals surface area contributed by atoms with Crippen LogP contribution in [0.15, 0.2) is 75.9 Å². The summed E-state index contributed by atoms with van der Waals surface area (Å²) in [5.41, 5.74) is 1.65. The van der Waals surface area contributed by atoms with E-state index in [0.717, 1.165) is 6.07 Å². The lowest BCUT2D eigenvalue weighted by Crippen LogP contribution is -2.19. The van der Waals surface area contributed by atoms with E-state index in [1.165, 1.54) is 12.1 Å². The van der Waals surface area contributed by atoms with Gasteiger partial charge in [0.05, 0.1) is 12.1 Å². The number of anilines is 2. The van der Waals surface area contributed by atoms with Crippen molar-refractivity contribution in [1.82, 2.24) is 9.97 Å². The molecule has 0 spiro atoms. The van der Waals surface area contributed by atoms with E-state index in [1.54, 1.807) is 29.2 Å². The van der Waals surface area contributed by atoms with E-state index in [4.69, 9.17) is 16.0 Å². The maximum atomic E-state index is 14.3. The smallest absolute Gasteiger partial charge is 0.303 e. The van der Waals surface area contributed by atoms with Crippen LogP contribution in [-0.4, -0.2) is 9.97 Å². The molecule has 0 saturated carbocycles. The second-order valence-corrected chi connectivity index (χ2v) is 7.41. The average molecular weight is 438 g/mol. The minimum atomic E-state index is -1.10. The van der Waals surface area contributed by atoms with Crippen molar-refractivity contribution in [3.8, 4) is 0 Å². The number of oxazole rings is 1. The molecular weight excluding hydrogens is 424 g/mol. The van der Waals surface area contributed by atoms with Gasteiger partial charge in [0.2, 0.25) is 5.56 Å². The van der Waals surface area contributed by atoms with Crippen LogP contribution >= 0.6 is 11.6 Å². The summed E-state index contributed by atoms with van der Waals surface area (Å²) < 4.78 is 34.0. The first kappa shape index (κ1) is 19.3. The molecule has 5 rings (SSSR count). The van der Waals surface area contributed by atoms with E-state index in [-0.39, 0.29) is 18.1 Å². The normalized spacial score (nSPS) is 11.3. The third-order valence-corrected chi connectivity index (χ3v) is 5.19. The molecule has 8 heteroatoms. The number of hydrogen-bond donors (Lipinski definition) is 1. The first-order valence-electron chi connectivity index (χ1n) is 9.38. The molecule has 2 heterocycles. The van der Waals surface area contributed by atoms with Gasteiger partial charge in [0.1, 0.15) is 5.52 Å². The Balaban J connectivity index is 1.70. The highest BCUT2D eigenvalue weighted by Crippen LogP contribution is 2.32. The summed E-state index contributed by atoms with van der Waals surface area (Å²) in [6.07, 6.45) is 0. The van der Waals surface area contributed by atoms with Gasteiger partial charge in [-0.3, -0.25) is 9.69 Å². The highest BCUT2D eigenvalue weighted by molar-refractivity contribution is 6.30. The molecule has 0 amide bonds. The molecule has 0 radical (unpaired) electrons. The fourth-order valence-electron chi connectivity index (χ4n) is 3.53. The topological polar surface area (TPSA) is 62.1 Å². The minimum Gasteiger partial charge on any atom is -0.423 e. The van der Waals surface area contributed by atoms with Crippen molar-refractivity contribution in [2.24, 2.45) is 0 Å². The second-order valence-electron chi connectivity index (χ2n) is 6.97. The maximum Gasteiger partial charge on any atom is 0.303 e. The number of fused-ring (bicyclic) bond motifs is 2. The number of nitrogens with zero attached hydrogens (tertiary/aromatic N) is 2. The van der Waals surface area contributed by atoms with Crippen LogP contribution in [0.4, 0.5) is 20.5 Å². The molecule has 5 aromatic rings. The fourth-order valence-corrected chi connectivity index (χ4v) is 3.71. The Morgan fingerprint density at radius 1 is 1.03 bits per heavy atom. The summed E-state index contributed by atoms with van der Waals surface area (Å²) in [6, 6.07) is 18.4. The third-order valence-electron chi connectivity index (χ3n) is 4.96. The Morgan fingerprint density at radius 2 is 1.87 bits per heavy atom. The van der Waals surface area contributed by atoms with Gasteiger partial charge < -0.3 is 9.40 Å². The van der Waals surface area contributed by atoms with E-state index in [2.05, 4.69) is 9.97 Å². The molecule has 0 aliphatic carbocycles. The third kappa shape index (κ3) is 3.53. The number of aromatic amines is 1. The molecule has 0 bridgehead atoms. The minimum absolute atomic E-state index is 0.110. The number of aromatic nitrogens is 2. The number of para-hydroxylation sites is 2. The Kier molecular flexibility index (Phi) is 4.67. The summed E-state index contributed by atoms with van der Waals surface area (Å²) in [7, 11) is 0. The highest BCUT2D eigenvalue weighted by Gasteiger charge is 2.20. The lowest BCUT2D eigenvalue weighted by molar-refractivity contribution is 0.515. The largest absolute Gasteiger partial charge is 0.423 e. The Hall–Kier alpha value is -3.71. The Bertz CT molecular complexity index is 1460. The van der Waals surface area contributed by atoms with Crippen LogP contribution in [-0.2, 0) is 6.54 Å². The van der Waals surface area contributed by atoms with E-state index in [9.17, 15) is 13.6 Å². The van der Waals surface area contributed by atoms with Gasteiger partial charge in [0.25, 0.3) is 0 Å². The molecule has 0 saturated heterocycles. The van der Waals surface area contributed by atoms with Crippen LogP contribution in [0.3, 0.4) is 0 Å². The zero-order valence-electron chi connectivity index (χ0n) is 15.9. The summed E-state index contributed by atoms with van der Waals surface area (Å²) in [5.74, 6) is -2.14. The van der Waals surface area contributed by atoms with Crippen molar-refractivity contribution >= 4 is 45.3 Å². The quantitative estimate of drug-likeness (QED) is 0.378. The van der Waals surface area contributed by atoms with Crippen LogP contribution in [0.1, 0.15) is 5.56 Å². The molecule has 1 N–H and O–H groups in total. The van der Waals surface area contributed by atoms with E-state index in [1.807, 2.05) is 24.3 Å². The number of pyridine rings is 1. The van der Waals surface area contributed by atoms with Crippen molar-refractivity contribution in [1.29, 1.82) is 0 Å². The van der Waals surface area contributed by atoms with E-state index in [0.29, 0.717) is 32.8 Å². The number of hydrogen-bond acceptors (Lipinski definition) is 4. The first-order chi connectivity index (χ1) is 15.0. The van der Waals surface area contributed by atoms with Crippen molar-refractivity contribution in [2.45, 2.75) is 6.54 Å². The lowest BCUT2D eigenvalue weighted by Gasteiger charge is -2.22. The van der Waals surface area contributed by atoms with Crippen molar-refractivity contribution in [2.75, 3.05) is 4.90 Å². The van der Waals surface area contributed by atoms with Crippen molar-refractivity contribution < 1.29 is 13.2 Å². The number of H-pyrrole nitrogens is 1. The molecule has 0 aliphatic rings. The van der Waals surface area contributed by atoms with Gasteiger partial charge in [-0.15, -0.1) is 0 Å². The summed E-state index contributed by atoms with van der Waals surface area (Å²) in [4.78, 5) is 20.8. The molecule has 0 fully saturated rings. The van der Waals surface area contributed by atoms with E-state index < -0.39 is 17.2 Å². The van der Waals surface area contributed by atoms with E-state index >= 15 is 0 Å². The average Bonchev–Trinajstić information content (AvgIpc) is 3.18. The first-order valence-corrected chi connectivity index (χ1v) is 9.76. The van der Waals surface area contributed by atoms with Gasteiger partial charge in [-0.05, 0) is 48.0 Å². The zero-order valence-corrected chi connectivity index (χ0v) is 16.7. The monoisotopic (exact) mass is 437 g/mol. The number of rotatable bonds is 4. The SMILES string of the molecule is O=c1cc(CN(c2cccc(Cl)c2)c2nc3ccccc3o2)c2ccc(F)c(F)c2[nH]1. The maximum absolute atomic E-state index is 14.3. The fraction of sp³-hybridized carbons (Fsp3) is 0.0435. The van der Waals surface area contributed by atoms with Crippen LogP contribution in [0.5, 0.6) is 0 Å². The molecular formula is C23H14ClF2N3O2. The lowest BCUT2D eigenvalue weighted by atomic mass is 10.1. The molecule has 0 unspecified atom stereocenters. The Labute approximate surface area is 179 Å². The van der Waals surface area contributed by atoms with Gasteiger partial charge in [-0.25, -0.2) is 8.78 Å². The molecule has 0 aliphatic heterocycles. The number of nitrogens with one attached hydrogen (secondary N) is 1. The van der Waals surface area contributed by atoms with Crippen LogP contribution in [0, 0.1) is 11.6 Å².